The highest BCUT2D eigenvalue weighted by atomic mass is 16.2. The number of carbonyl (C=O) groups excluding carboxylic acids is 2. The Hall–Kier alpha value is -4.00. The van der Waals surface area contributed by atoms with E-state index in [1.54, 1.807) is 41.0 Å². The van der Waals surface area contributed by atoms with Gasteiger partial charge in [0.2, 0.25) is 5.91 Å². The Morgan fingerprint density at radius 2 is 1.57 bits per heavy atom. The second kappa shape index (κ2) is 7.32. The summed E-state index contributed by atoms with van der Waals surface area (Å²) < 4.78 is 1.66. The summed E-state index contributed by atoms with van der Waals surface area (Å²) in [5, 5.41) is 9.91. The molecule has 2 aromatic heterocycles. The number of aromatic nitrogens is 3. The van der Waals surface area contributed by atoms with Crippen LogP contribution in [-0.2, 0) is 4.79 Å². The summed E-state index contributed by atoms with van der Waals surface area (Å²) in [6.45, 7) is 1.44. The Kier molecular flexibility index (Phi) is 4.55. The van der Waals surface area contributed by atoms with Crippen molar-refractivity contribution >= 4 is 28.8 Å². The smallest absolute Gasteiger partial charge is 0.276 e. The number of fused-ring (bicyclic) bond motifs is 1. The molecular formula is C21H17N5O2. The molecule has 0 bridgehead atoms. The van der Waals surface area contributed by atoms with Crippen molar-refractivity contribution in [1.82, 2.24) is 14.6 Å². The fourth-order valence-electron chi connectivity index (χ4n) is 2.87. The number of benzene rings is 2. The van der Waals surface area contributed by atoms with Crippen LogP contribution in [0.4, 0.5) is 11.4 Å². The second-order valence-electron chi connectivity index (χ2n) is 6.21. The molecule has 2 amide bonds. The van der Waals surface area contributed by atoms with Crippen molar-refractivity contribution < 1.29 is 9.59 Å². The fraction of sp³-hybridized carbons (Fsp3) is 0.0476. The van der Waals surface area contributed by atoms with Crippen molar-refractivity contribution in [2.75, 3.05) is 10.6 Å². The summed E-state index contributed by atoms with van der Waals surface area (Å²) in [6.07, 6.45) is 1.70. The molecule has 28 heavy (non-hydrogen) atoms. The number of nitrogens with zero attached hydrogens (tertiary/aromatic N) is 3. The minimum Gasteiger partial charge on any atom is -0.326 e. The third-order valence-electron chi connectivity index (χ3n) is 4.12. The molecule has 0 atom stereocenters. The summed E-state index contributed by atoms with van der Waals surface area (Å²) in [5.41, 5.74) is 3.96. The van der Waals surface area contributed by atoms with Crippen LogP contribution in [0.2, 0.25) is 0 Å². The van der Waals surface area contributed by atoms with E-state index in [0.717, 1.165) is 11.3 Å². The molecule has 7 nitrogen and oxygen atoms in total. The number of rotatable bonds is 4. The number of hydrogen-bond acceptors (Lipinski definition) is 4. The van der Waals surface area contributed by atoms with E-state index < -0.39 is 0 Å². The van der Waals surface area contributed by atoms with E-state index in [4.69, 9.17) is 0 Å². The Morgan fingerprint density at radius 3 is 2.25 bits per heavy atom. The molecule has 4 aromatic rings. The van der Waals surface area contributed by atoms with Gasteiger partial charge in [0.1, 0.15) is 0 Å². The third-order valence-corrected chi connectivity index (χ3v) is 4.12. The van der Waals surface area contributed by atoms with Gasteiger partial charge in [0.05, 0.1) is 5.69 Å². The molecule has 0 saturated heterocycles. The van der Waals surface area contributed by atoms with E-state index in [2.05, 4.69) is 20.7 Å². The zero-order valence-corrected chi connectivity index (χ0v) is 15.1. The summed E-state index contributed by atoms with van der Waals surface area (Å²) >= 11 is 0. The van der Waals surface area contributed by atoms with Gasteiger partial charge in [-0.05, 0) is 30.3 Å². The predicted octanol–water partition coefficient (Wildman–Crippen LogP) is 3.61. The van der Waals surface area contributed by atoms with Crippen molar-refractivity contribution in [2.45, 2.75) is 6.92 Å². The average molecular weight is 371 g/mol. The van der Waals surface area contributed by atoms with Gasteiger partial charge in [-0.15, -0.1) is 0 Å². The number of nitrogens with one attached hydrogen (secondary N) is 2. The molecule has 0 aliphatic heterocycles. The molecule has 2 N–H and O–H groups in total. The highest BCUT2D eigenvalue weighted by Crippen LogP contribution is 2.20. The van der Waals surface area contributed by atoms with Crippen molar-refractivity contribution in [1.29, 1.82) is 0 Å². The van der Waals surface area contributed by atoms with Crippen LogP contribution in [0.5, 0.6) is 0 Å². The lowest BCUT2D eigenvalue weighted by atomic mass is 10.1. The van der Waals surface area contributed by atoms with E-state index in [1.807, 2.05) is 36.4 Å². The van der Waals surface area contributed by atoms with Gasteiger partial charge in [0, 0.05) is 36.1 Å². The summed E-state index contributed by atoms with van der Waals surface area (Å²) in [7, 11) is 0. The first kappa shape index (κ1) is 17.4. The van der Waals surface area contributed by atoms with Gasteiger partial charge in [0.15, 0.2) is 11.3 Å². The van der Waals surface area contributed by atoms with Crippen molar-refractivity contribution in [3.05, 3.63) is 78.6 Å². The van der Waals surface area contributed by atoms with Gasteiger partial charge >= 0.3 is 0 Å². The molecule has 0 radical (unpaired) electrons. The monoisotopic (exact) mass is 371 g/mol. The Labute approximate surface area is 161 Å². The van der Waals surface area contributed by atoms with Crippen LogP contribution in [0.25, 0.3) is 16.9 Å². The van der Waals surface area contributed by atoms with Crippen LogP contribution in [0, 0.1) is 0 Å². The molecule has 0 saturated carbocycles. The molecule has 2 heterocycles. The SMILES string of the molecule is CC(=O)Nc1ccc(NC(=O)c2cc3nccc(-c4ccccc4)n3n2)cc1. The Balaban J connectivity index is 1.59. The third kappa shape index (κ3) is 3.59. The number of amides is 2. The van der Waals surface area contributed by atoms with Crippen molar-refractivity contribution in [3.63, 3.8) is 0 Å². The lowest BCUT2D eigenvalue weighted by Gasteiger charge is -2.06. The van der Waals surface area contributed by atoms with Gasteiger partial charge in [-0.3, -0.25) is 9.59 Å². The molecular weight excluding hydrogens is 354 g/mol. The normalized spacial score (nSPS) is 10.6. The number of anilines is 2. The Morgan fingerprint density at radius 1 is 0.893 bits per heavy atom. The molecule has 0 aliphatic carbocycles. The highest BCUT2D eigenvalue weighted by Gasteiger charge is 2.14. The van der Waals surface area contributed by atoms with E-state index >= 15 is 0 Å². The Bertz CT molecular complexity index is 1150. The molecule has 0 spiro atoms. The molecule has 2 aromatic carbocycles. The lowest BCUT2D eigenvalue weighted by molar-refractivity contribution is -0.114. The summed E-state index contributed by atoms with van der Waals surface area (Å²) in [4.78, 5) is 28.0. The second-order valence-corrected chi connectivity index (χ2v) is 6.21. The van der Waals surface area contributed by atoms with Gasteiger partial charge in [0.25, 0.3) is 5.91 Å². The lowest BCUT2D eigenvalue weighted by Crippen LogP contribution is -2.13. The maximum absolute atomic E-state index is 12.6. The first-order valence-corrected chi connectivity index (χ1v) is 8.69. The standard InChI is InChI=1S/C21H17N5O2/c1-14(27)23-16-7-9-17(10-8-16)24-21(28)18-13-20-22-12-11-19(26(20)25-18)15-5-3-2-4-6-15/h2-13H,1H3,(H,23,27)(H,24,28). The zero-order valence-electron chi connectivity index (χ0n) is 15.1. The van der Waals surface area contributed by atoms with E-state index in [1.165, 1.54) is 6.92 Å². The topological polar surface area (TPSA) is 88.4 Å². The van der Waals surface area contributed by atoms with Crippen LogP contribution in [0.1, 0.15) is 17.4 Å². The van der Waals surface area contributed by atoms with Gasteiger partial charge in [-0.1, -0.05) is 30.3 Å². The molecule has 0 unspecified atom stereocenters. The van der Waals surface area contributed by atoms with Crippen molar-refractivity contribution in [3.8, 4) is 11.3 Å². The van der Waals surface area contributed by atoms with Crippen LogP contribution in [0.15, 0.2) is 72.9 Å². The van der Waals surface area contributed by atoms with Crippen LogP contribution >= 0.6 is 0 Å². The highest BCUT2D eigenvalue weighted by molar-refractivity contribution is 6.03. The largest absolute Gasteiger partial charge is 0.326 e. The van der Waals surface area contributed by atoms with Gasteiger partial charge in [-0.25, -0.2) is 9.50 Å². The van der Waals surface area contributed by atoms with E-state index in [0.29, 0.717) is 17.0 Å². The number of carbonyl (C=O) groups is 2. The van der Waals surface area contributed by atoms with Gasteiger partial charge in [-0.2, -0.15) is 5.10 Å². The molecule has 0 aliphatic rings. The van der Waals surface area contributed by atoms with E-state index in [9.17, 15) is 9.59 Å². The number of hydrogen-bond donors (Lipinski definition) is 2. The predicted molar refractivity (Wildman–Crippen MR) is 107 cm³/mol. The summed E-state index contributed by atoms with van der Waals surface area (Å²) in [5.74, 6) is -0.486. The average Bonchev–Trinajstić information content (AvgIpc) is 3.14. The van der Waals surface area contributed by atoms with Gasteiger partial charge < -0.3 is 10.6 Å². The van der Waals surface area contributed by atoms with Crippen LogP contribution in [-0.4, -0.2) is 26.4 Å². The van der Waals surface area contributed by atoms with Crippen molar-refractivity contribution in [2.24, 2.45) is 0 Å². The minimum atomic E-state index is -0.336. The molecule has 7 heteroatoms. The maximum Gasteiger partial charge on any atom is 0.276 e. The van der Waals surface area contributed by atoms with Crippen LogP contribution in [0.3, 0.4) is 0 Å². The minimum absolute atomic E-state index is 0.150. The summed E-state index contributed by atoms with van der Waals surface area (Å²) in [6, 6.07) is 20.2. The molecule has 4 rings (SSSR count). The zero-order chi connectivity index (χ0) is 19.5. The molecule has 0 fully saturated rings. The first-order valence-electron chi connectivity index (χ1n) is 8.69. The first-order chi connectivity index (χ1) is 13.6. The maximum atomic E-state index is 12.6. The molecule has 138 valence electrons. The quantitative estimate of drug-likeness (QED) is 0.574. The van der Waals surface area contributed by atoms with Crippen LogP contribution < -0.4 is 10.6 Å². The fourth-order valence-corrected chi connectivity index (χ4v) is 2.87. The van der Waals surface area contributed by atoms with E-state index in [-0.39, 0.29) is 17.5 Å².